The van der Waals surface area contributed by atoms with Gasteiger partial charge in [-0.15, -0.1) is 0 Å². The summed E-state index contributed by atoms with van der Waals surface area (Å²) in [6.07, 6.45) is 0.563. The SMILES string of the molecule is COc1ccc(CCNC(=O)CN2C(=O)N[C@@](C)(c3ccc(C)cc3)C2=O)cc1OC. The van der Waals surface area contributed by atoms with Gasteiger partial charge in [-0.2, -0.15) is 0 Å². The first-order valence-electron chi connectivity index (χ1n) is 9.97. The lowest BCUT2D eigenvalue weighted by Crippen LogP contribution is -2.43. The first-order valence-corrected chi connectivity index (χ1v) is 9.97. The number of urea groups is 1. The van der Waals surface area contributed by atoms with Gasteiger partial charge >= 0.3 is 6.03 Å². The third-order valence-corrected chi connectivity index (χ3v) is 5.39. The van der Waals surface area contributed by atoms with Gasteiger partial charge in [-0.3, -0.25) is 14.5 Å². The van der Waals surface area contributed by atoms with Crippen LogP contribution in [0.1, 0.15) is 23.6 Å². The van der Waals surface area contributed by atoms with Crippen LogP contribution < -0.4 is 20.1 Å². The number of rotatable bonds is 8. The summed E-state index contributed by atoms with van der Waals surface area (Å²) < 4.78 is 10.5. The summed E-state index contributed by atoms with van der Waals surface area (Å²) in [5.74, 6) is 0.389. The molecule has 1 fully saturated rings. The Hall–Kier alpha value is -3.55. The molecule has 0 aliphatic carbocycles. The highest BCUT2D eigenvalue weighted by Crippen LogP contribution is 2.29. The fourth-order valence-corrected chi connectivity index (χ4v) is 3.51. The van der Waals surface area contributed by atoms with Gasteiger partial charge in [-0.1, -0.05) is 35.9 Å². The van der Waals surface area contributed by atoms with Crippen LogP contribution in [0, 0.1) is 6.92 Å². The van der Waals surface area contributed by atoms with Gasteiger partial charge < -0.3 is 20.1 Å². The zero-order valence-corrected chi connectivity index (χ0v) is 18.2. The molecule has 0 saturated carbocycles. The van der Waals surface area contributed by atoms with E-state index in [2.05, 4.69) is 10.6 Å². The van der Waals surface area contributed by atoms with Gasteiger partial charge in [-0.05, 0) is 43.5 Å². The molecule has 0 aromatic heterocycles. The third-order valence-electron chi connectivity index (χ3n) is 5.39. The Kier molecular flexibility index (Phi) is 6.48. The number of hydrogen-bond donors (Lipinski definition) is 2. The summed E-state index contributed by atoms with van der Waals surface area (Å²) in [5.41, 5.74) is 1.49. The zero-order valence-electron chi connectivity index (χ0n) is 18.2. The number of carbonyl (C=O) groups excluding carboxylic acids is 3. The van der Waals surface area contributed by atoms with Crippen LogP contribution in [0.2, 0.25) is 0 Å². The quantitative estimate of drug-likeness (QED) is 0.632. The molecule has 3 rings (SSSR count). The van der Waals surface area contributed by atoms with Crippen LogP contribution in [-0.2, 0) is 21.5 Å². The van der Waals surface area contributed by atoms with Gasteiger partial charge in [0.2, 0.25) is 5.91 Å². The minimum absolute atomic E-state index is 0.335. The van der Waals surface area contributed by atoms with Gasteiger partial charge in [0, 0.05) is 6.54 Å². The Morgan fingerprint density at radius 2 is 1.74 bits per heavy atom. The van der Waals surface area contributed by atoms with Crippen LogP contribution in [0.15, 0.2) is 42.5 Å². The Balaban J connectivity index is 1.57. The normalized spacial score (nSPS) is 18.0. The molecule has 0 bridgehead atoms. The molecular weight excluding hydrogens is 398 g/mol. The van der Waals surface area contributed by atoms with Crippen molar-refractivity contribution in [1.82, 2.24) is 15.5 Å². The predicted molar refractivity (Wildman–Crippen MR) is 115 cm³/mol. The molecule has 1 heterocycles. The number of carbonyl (C=O) groups is 3. The topological polar surface area (TPSA) is 97.0 Å². The molecule has 164 valence electrons. The van der Waals surface area contributed by atoms with Crippen molar-refractivity contribution in [3.63, 3.8) is 0 Å². The maximum Gasteiger partial charge on any atom is 0.325 e. The van der Waals surface area contributed by atoms with Crippen molar-refractivity contribution < 1.29 is 23.9 Å². The minimum Gasteiger partial charge on any atom is -0.493 e. The predicted octanol–water partition coefficient (Wildman–Crippen LogP) is 2.14. The van der Waals surface area contributed by atoms with Crippen molar-refractivity contribution in [2.45, 2.75) is 25.8 Å². The summed E-state index contributed by atoms with van der Waals surface area (Å²) in [4.78, 5) is 38.6. The lowest BCUT2D eigenvalue weighted by Gasteiger charge is -2.22. The molecule has 1 saturated heterocycles. The van der Waals surface area contributed by atoms with E-state index in [1.54, 1.807) is 39.3 Å². The number of hydrogen-bond acceptors (Lipinski definition) is 5. The summed E-state index contributed by atoms with van der Waals surface area (Å²) in [5, 5.41) is 5.46. The van der Waals surface area contributed by atoms with Crippen molar-refractivity contribution in [1.29, 1.82) is 0 Å². The summed E-state index contributed by atoms with van der Waals surface area (Å²) in [7, 11) is 3.13. The van der Waals surface area contributed by atoms with E-state index in [1.807, 2.05) is 31.2 Å². The highest BCUT2D eigenvalue weighted by Gasteiger charge is 2.49. The van der Waals surface area contributed by atoms with Crippen LogP contribution in [0.4, 0.5) is 4.79 Å². The van der Waals surface area contributed by atoms with E-state index >= 15 is 0 Å². The van der Waals surface area contributed by atoms with Crippen LogP contribution >= 0.6 is 0 Å². The first kappa shape index (κ1) is 22.1. The van der Waals surface area contributed by atoms with Gasteiger partial charge in [0.15, 0.2) is 11.5 Å². The molecular formula is C23H27N3O5. The van der Waals surface area contributed by atoms with Crippen LogP contribution in [0.3, 0.4) is 0 Å². The van der Waals surface area contributed by atoms with Gasteiger partial charge in [0.25, 0.3) is 5.91 Å². The molecule has 4 amide bonds. The van der Waals surface area contributed by atoms with Crippen molar-refractivity contribution >= 4 is 17.8 Å². The van der Waals surface area contributed by atoms with Crippen molar-refractivity contribution in [2.75, 3.05) is 27.3 Å². The molecule has 8 nitrogen and oxygen atoms in total. The monoisotopic (exact) mass is 425 g/mol. The highest BCUT2D eigenvalue weighted by atomic mass is 16.5. The lowest BCUT2D eigenvalue weighted by atomic mass is 9.91. The number of aryl methyl sites for hydroxylation is 1. The zero-order chi connectivity index (χ0) is 22.6. The Morgan fingerprint density at radius 1 is 1.06 bits per heavy atom. The van der Waals surface area contributed by atoms with Gasteiger partial charge in [0.1, 0.15) is 12.1 Å². The molecule has 31 heavy (non-hydrogen) atoms. The molecule has 8 heteroatoms. The van der Waals surface area contributed by atoms with Crippen molar-refractivity contribution in [3.05, 3.63) is 59.2 Å². The lowest BCUT2D eigenvalue weighted by molar-refractivity contribution is -0.134. The van der Waals surface area contributed by atoms with E-state index < -0.39 is 23.4 Å². The largest absolute Gasteiger partial charge is 0.493 e. The fraction of sp³-hybridized carbons (Fsp3) is 0.348. The van der Waals surface area contributed by atoms with E-state index in [0.29, 0.717) is 30.0 Å². The minimum atomic E-state index is -1.19. The molecule has 1 aliphatic heterocycles. The van der Waals surface area contributed by atoms with E-state index in [0.717, 1.165) is 16.0 Å². The summed E-state index contributed by atoms with van der Waals surface area (Å²) in [6.45, 7) is 3.61. The van der Waals surface area contributed by atoms with Crippen molar-refractivity contribution in [3.8, 4) is 11.5 Å². The highest BCUT2D eigenvalue weighted by molar-refractivity contribution is 6.09. The van der Waals surface area contributed by atoms with E-state index in [1.165, 1.54) is 0 Å². The number of ether oxygens (including phenoxy) is 2. The molecule has 0 unspecified atom stereocenters. The molecule has 2 aromatic rings. The molecule has 0 radical (unpaired) electrons. The average Bonchev–Trinajstić information content (AvgIpc) is 2.97. The smallest absolute Gasteiger partial charge is 0.325 e. The maximum absolute atomic E-state index is 12.9. The van der Waals surface area contributed by atoms with Gasteiger partial charge in [-0.25, -0.2) is 4.79 Å². The standard InChI is InChI=1S/C23H27N3O5/c1-15-5-8-17(9-6-15)23(2)21(28)26(22(29)25-23)14-20(27)24-12-11-16-7-10-18(30-3)19(13-16)31-4/h5-10,13H,11-12,14H2,1-4H3,(H,24,27)(H,25,29)/t23-/m0/s1. The Bertz CT molecular complexity index is 989. The second kappa shape index (κ2) is 9.07. The second-order valence-electron chi connectivity index (χ2n) is 7.60. The summed E-state index contributed by atoms with van der Waals surface area (Å²) >= 11 is 0. The molecule has 1 atom stereocenters. The number of nitrogens with one attached hydrogen (secondary N) is 2. The van der Waals surface area contributed by atoms with Crippen LogP contribution in [0.5, 0.6) is 11.5 Å². The number of amides is 4. The van der Waals surface area contributed by atoms with Crippen LogP contribution in [-0.4, -0.2) is 50.1 Å². The molecule has 2 aromatic carbocycles. The summed E-state index contributed by atoms with van der Waals surface area (Å²) in [6, 6.07) is 12.3. The van der Waals surface area contributed by atoms with E-state index in [4.69, 9.17) is 9.47 Å². The maximum atomic E-state index is 12.9. The molecule has 0 spiro atoms. The number of nitrogens with zero attached hydrogens (tertiary/aromatic N) is 1. The third kappa shape index (κ3) is 4.63. The van der Waals surface area contributed by atoms with Crippen LogP contribution in [0.25, 0.3) is 0 Å². The van der Waals surface area contributed by atoms with E-state index in [9.17, 15) is 14.4 Å². The van der Waals surface area contributed by atoms with Gasteiger partial charge in [0.05, 0.1) is 14.2 Å². The average molecular weight is 425 g/mol. The van der Waals surface area contributed by atoms with Crippen molar-refractivity contribution in [2.24, 2.45) is 0 Å². The number of methoxy groups -OCH3 is 2. The first-order chi connectivity index (χ1) is 14.8. The Morgan fingerprint density at radius 3 is 2.39 bits per heavy atom. The number of benzene rings is 2. The number of imide groups is 1. The Labute approximate surface area is 181 Å². The second-order valence-corrected chi connectivity index (χ2v) is 7.60. The molecule has 2 N–H and O–H groups in total. The molecule has 1 aliphatic rings. The van der Waals surface area contributed by atoms with E-state index in [-0.39, 0.29) is 6.54 Å². The fourth-order valence-electron chi connectivity index (χ4n) is 3.51.